The van der Waals surface area contributed by atoms with E-state index in [1.54, 1.807) is 17.2 Å². The molecular weight excluding hydrogens is 302 g/mol. The fraction of sp³-hybridized carbons (Fsp3) is 0.600. The third kappa shape index (κ3) is 3.97. The van der Waals surface area contributed by atoms with E-state index < -0.39 is 9.84 Å². The highest BCUT2D eigenvalue weighted by Gasteiger charge is 2.34. The van der Waals surface area contributed by atoms with Crippen molar-refractivity contribution in [2.45, 2.75) is 39.3 Å². The topological polar surface area (TPSA) is 79.4 Å². The van der Waals surface area contributed by atoms with Crippen molar-refractivity contribution in [1.82, 2.24) is 9.88 Å². The normalized spacial score (nSPS) is 20.1. The van der Waals surface area contributed by atoms with Crippen LogP contribution in [0.2, 0.25) is 0 Å². The first-order chi connectivity index (χ1) is 10.3. The number of amides is 1. The van der Waals surface area contributed by atoms with Crippen LogP contribution in [0.3, 0.4) is 0 Å². The van der Waals surface area contributed by atoms with Gasteiger partial charge in [0.05, 0.1) is 22.8 Å². The van der Waals surface area contributed by atoms with Gasteiger partial charge in [-0.3, -0.25) is 9.78 Å². The number of hydrogen-bond donors (Lipinski definition) is 1. The molecule has 1 amide bonds. The minimum atomic E-state index is -3.01. The highest BCUT2D eigenvalue weighted by molar-refractivity contribution is 7.91. The Morgan fingerprint density at radius 3 is 2.73 bits per heavy atom. The van der Waals surface area contributed by atoms with E-state index in [1.807, 2.05) is 20.8 Å². The average Bonchev–Trinajstić information content (AvgIpc) is 2.79. The van der Waals surface area contributed by atoms with Gasteiger partial charge in [0.25, 0.3) is 5.91 Å². The summed E-state index contributed by atoms with van der Waals surface area (Å²) < 4.78 is 23.3. The number of hydrogen-bond acceptors (Lipinski definition) is 5. The van der Waals surface area contributed by atoms with Gasteiger partial charge in [0.15, 0.2) is 9.84 Å². The zero-order valence-electron chi connectivity index (χ0n) is 13.2. The molecule has 1 saturated heterocycles. The van der Waals surface area contributed by atoms with Crippen LogP contribution in [0.15, 0.2) is 18.5 Å². The lowest BCUT2D eigenvalue weighted by Gasteiger charge is -2.27. The zero-order valence-corrected chi connectivity index (χ0v) is 14.1. The molecule has 1 atom stereocenters. The Labute approximate surface area is 131 Å². The fourth-order valence-corrected chi connectivity index (χ4v) is 4.45. The molecule has 0 radical (unpaired) electrons. The molecule has 1 aliphatic rings. The van der Waals surface area contributed by atoms with Crippen LogP contribution in [0.4, 0.5) is 5.69 Å². The van der Waals surface area contributed by atoms with Crippen molar-refractivity contribution in [1.29, 1.82) is 0 Å². The van der Waals surface area contributed by atoms with Crippen molar-refractivity contribution in [3.05, 3.63) is 24.0 Å². The molecular formula is C15H23N3O3S. The fourth-order valence-electron chi connectivity index (χ4n) is 2.72. The van der Waals surface area contributed by atoms with Gasteiger partial charge in [-0.05, 0) is 33.3 Å². The quantitative estimate of drug-likeness (QED) is 0.888. The predicted octanol–water partition coefficient (Wildman–Crippen LogP) is 1.55. The van der Waals surface area contributed by atoms with E-state index in [4.69, 9.17) is 0 Å². The third-order valence-corrected chi connectivity index (χ3v) is 5.44. The Morgan fingerprint density at radius 2 is 2.18 bits per heavy atom. The van der Waals surface area contributed by atoms with Gasteiger partial charge in [-0.25, -0.2) is 8.42 Å². The molecule has 2 rings (SSSR count). The molecule has 1 fully saturated rings. The molecule has 1 N–H and O–H groups in total. The number of nitrogens with one attached hydrogen (secondary N) is 1. The van der Waals surface area contributed by atoms with E-state index in [9.17, 15) is 13.2 Å². The van der Waals surface area contributed by atoms with Gasteiger partial charge >= 0.3 is 0 Å². The van der Waals surface area contributed by atoms with E-state index >= 15 is 0 Å². The molecule has 122 valence electrons. The minimum absolute atomic E-state index is 0.0595. The number of sulfone groups is 1. The molecule has 0 spiro atoms. The van der Waals surface area contributed by atoms with Gasteiger partial charge in [0.2, 0.25) is 0 Å². The van der Waals surface area contributed by atoms with Crippen molar-refractivity contribution >= 4 is 21.4 Å². The van der Waals surface area contributed by atoms with Crippen LogP contribution in [0.5, 0.6) is 0 Å². The highest BCUT2D eigenvalue weighted by Crippen LogP contribution is 2.20. The standard InChI is InChI=1S/C15H23N3O3S/c1-4-18(14-5-6-22(20,21)10-14)15(19)12-7-13(9-16-8-12)17-11(2)3/h7-9,11,14,17H,4-6,10H2,1-3H3. The summed E-state index contributed by atoms with van der Waals surface area (Å²) in [6.07, 6.45) is 3.71. The molecule has 1 unspecified atom stereocenters. The molecule has 2 heterocycles. The highest BCUT2D eigenvalue weighted by atomic mass is 32.2. The first-order valence-corrected chi connectivity index (χ1v) is 9.37. The largest absolute Gasteiger partial charge is 0.382 e. The van der Waals surface area contributed by atoms with Crippen LogP contribution >= 0.6 is 0 Å². The van der Waals surface area contributed by atoms with Crippen LogP contribution in [0.1, 0.15) is 37.6 Å². The summed E-state index contributed by atoms with van der Waals surface area (Å²) in [7, 11) is -3.01. The second-order valence-corrected chi connectivity index (χ2v) is 8.14. The second-order valence-electron chi connectivity index (χ2n) is 5.91. The molecule has 0 aliphatic carbocycles. The summed E-state index contributed by atoms with van der Waals surface area (Å²) in [6.45, 7) is 6.37. The average molecular weight is 325 g/mol. The maximum absolute atomic E-state index is 12.7. The Kier molecular flexibility index (Phi) is 5.05. The SMILES string of the molecule is CCN(C(=O)c1cncc(NC(C)C)c1)C1CCS(=O)(=O)C1. The van der Waals surface area contributed by atoms with Gasteiger partial charge < -0.3 is 10.2 Å². The molecule has 0 saturated carbocycles. The number of rotatable bonds is 5. The number of pyridine rings is 1. The van der Waals surface area contributed by atoms with Crippen LogP contribution in [-0.2, 0) is 9.84 Å². The van der Waals surface area contributed by atoms with Crippen molar-refractivity contribution in [3.63, 3.8) is 0 Å². The molecule has 6 nitrogen and oxygen atoms in total. The minimum Gasteiger partial charge on any atom is -0.382 e. The molecule has 0 bridgehead atoms. The Morgan fingerprint density at radius 1 is 1.45 bits per heavy atom. The van der Waals surface area contributed by atoms with Crippen LogP contribution < -0.4 is 5.32 Å². The predicted molar refractivity (Wildman–Crippen MR) is 86.8 cm³/mol. The Bertz CT molecular complexity index is 643. The summed E-state index contributed by atoms with van der Waals surface area (Å²) in [5.74, 6) is 0.0583. The van der Waals surface area contributed by atoms with E-state index in [2.05, 4.69) is 10.3 Å². The van der Waals surface area contributed by atoms with Gasteiger partial charge in [0.1, 0.15) is 0 Å². The van der Waals surface area contributed by atoms with Crippen molar-refractivity contribution in [2.75, 3.05) is 23.4 Å². The first-order valence-electron chi connectivity index (χ1n) is 7.55. The van der Waals surface area contributed by atoms with Crippen molar-refractivity contribution < 1.29 is 13.2 Å². The van der Waals surface area contributed by atoms with Crippen molar-refractivity contribution in [2.24, 2.45) is 0 Å². The summed E-state index contributed by atoms with van der Waals surface area (Å²) in [5.41, 5.74) is 1.27. The maximum atomic E-state index is 12.7. The second kappa shape index (κ2) is 6.64. The van der Waals surface area contributed by atoms with Gasteiger partial charge in [0, 0.05) is 31.0 Å². The summed E-state index contributed by atoms with van der Waals surface area (Å²) >= 11 is 0. The number of anilines is 1. The monoisotopic (exact) mass is 325 g/mol. The number of carbonyl (C=O) groups is 1. The van der Waals surface area contributed by atoms with Crippen molar-refractivity contribution in [3.8, 4) is 0 Å². The summed E-state index contributed by atoms with van der Waals surface area (Å²) in [4.78, 5) is 18.4. The third-order valence-electron chi connectivity index (χ3n) is 3.69. The molecule has 0 aromatic carbocycles. The molecule has 7 heteroatoms. The lowest BCUT2D eigenvalue weighted by atomic mass is 10.1. The van der Waals surface area contributed by atoms with Gasteiger partial charge in [-0.2, -0.15) is 0 Å². The number of carbonyl (C=O) groups excluding carboxylic acids is 1. The van der Waals surface area contributed by atoms with Gasteiger partial charge in [-0.1, -0.05) is 0 Å². The van der Waals surface area contributed by atoms with E-state index in [-0.39, 0.29) is 29.5 Å². The van der Waals surface area contributed by atoms with Crippen LogP contribution in [0, 0.1) is 0 Å². The van der Waals surface area contributed by atoms with E-state index in [0.717, 1.165) is 5.69 Å². The maximum Gasteiger partial charge on any atom is 0.255 e. The molecule has 1 aromatic rings. The molecule has 22 heavy (non-hydrogen) atoms. The number of aromatic nitrogens is 1. The Hall–Kier alpha value is -1.63. The summed E-state index contributed by atoms with van der Waals surface area (Å²) in [6, 6.07) is 1.78. The van der Waals surface area contributed by atoms with E-state index in [0.29, 0.717) is 18.5 Å². The smallest absolute Gasteiger partial charge is 0.255 e. The van der Waals surface area contributed by atoms with E-state index in [1.165, 1.54) is 6.20 Å². The lowest BCUT2D eigenvalue weighted by molar-refractivity contribution is 0.0708. The Balaban J connectivity index is 2.18. The first kappa shape index (κ1) is 16.7. The summed E-state index contributed by atoms with van der Waals surface area (Å²) in [5, 5.41) is 3.21. The molecule has 1 aromatic heterocycles. The lowest BCUT2D eigenvalue weighted by Crippen LogP contribution is -2.41. The van der Waals surface area contributed by atoms with Crippen LogP contribution in [0.25, 0.3) is 0 Å². The molecule has 1 aliphatic heterocycles. The number of nitrogens with zero attached hydrogens (tertiary/aromatic N) is 2. The van der Waals surface area contributed by atoms with Crippen LogP contribution in [-0.4, -0.2) is 54.3 Å². The zero-order chi connectivity index (χ0) is 16.3. The van der Waals surface area contributed by atoms with Gasteiger partial charge in [-0.15, -0.1) is 0 Å².